The first-order chi connectivity index (χ1) is 26.1. The highest BCUT2D eigenvalue weighted by Crippen LogP contribution is 2.51. The van der Waals surface area contributed by atoms with Gasteiger partial charge in [0, 0.05) is 54.9 Å². The van der Waals surface area contributed by atoms with Crippen molar-refractivity contribution in [3.63, 3.8) is 0 Å². The maximum absolute atomic E-state index is 15.0. The molecule has 2 N–H and O–H groups in total. The average Bonchev–Trinajstić information content (AvgIpc) is 3.61. The van der Waals surface area contributed by atoms with E-state index in [1.54, 1.807) is 30.3 Å². The van der Waals surface area contributed by atoms with Gasteiger partial charge in [0.1, 0.15) is 5.82 Å². The van der Waals surface area contributed by atoms with Gasteiger partial charge in [-0.3, -0.25) is 4.79 Å². The van der Waals surface area contributed by atoms with Crippen LogP contribution in [0.4, 0.5) is 20.6 Å². The number of carbonyl (C=O) groups is 2. The third-order valence-electron chi connectivity index (χ3n) is 12.4. The van der Waals surface area contributed by atoms with E-state index in [0.29, 0.717) is 17.5 Å². The number of anilines is 2. The van der Waals surface area contributed by atoms with E-state index in [1.165, 1.54) is 31.7 Å². The highest BCUT2D eigenvalue weighted by molar-refractivity contribution is 7.91. The van der Waals surface area contributed by atoms with Crippen LogP contribution >= 0.6 is 0 Å². The number of rotatable bonds is 13. The molecule has 3 aromatic rings. The summed E-state index contributed by atoms with van der Waals surface area (Å²) in [6.07, 6.45) is 6.87. The molecule has 3 heterocycles. The zero-order chi connectivity index (χ0) is 37.9. The fourth-order valence-corrected chi connectivity index (χ4v) is 10.8. The van der Waals surface area contributed by atoms with Crippen LogP contribution in [0.15, 0.2) is 95.2 Å². The maximum Gasteiger partial charge on any atom is 0.407 e. The van der Waals surface area contributed by atoms with E-state index in [-0.39, 0.29) is 33.0 Å². The first kappa shape index (κ1) is 38.0. The molecule has 4 fully saturated rings. The number of nitrogens with one attached hydrogen (secondary N) is 2. The molecular weight excluding hydrogens is 706 g/mol. The molecule has 12 heteroatoms. The molecule has 1 saturated carbocycles. The van der Waals surface area contributed by atoms with Gasteiger partial charge in [0.2, 0.25) is 15.7 Å². The van der Waals surface area contributed by atoms with Crippen LogP contribution in [0.3, 0.4) is 0 Å². The number of halogens is 1. The fourth-order valence-electron chi connectivity index (χ4n) is 9.54. The SMILES string of the molecule is C=CC(=O)Nc1cccc(S(=O)(=O)c2ccc(N3CC(CN4CCC([C@@](CN5CCC5)(c5cccc(F)c5)[C@H]5CCC[C@@H]5NC(=O)OC)CC4)C3)cc2)c1. The second-order valence-electron chi connectivity index (χ2n) is 15.5. The predicted molar refractivity (Wildman–Crippen MR) is 208 cm³/mol. The van der Waals surface area contributed by atoms with Gasteiger partial charge in [-0.05, 0) is 136 Å². The summed E-state index contributed by atoms with van der Waals surface area (Å²) < 4.78 is 46.8. The van der Waals surface area contributed by atoms with Crippen LogP contribution in [0, 0.1) is 23.6 Å². The lowest BCUT2D eigenvalue weighted by Gasteiger charge is -2.54. The number of likely N-dealkylation sites (tertiary alicyclic amines) is 2. The highest BCUT2D eigenvalue weighted by Gasteiger charge is 2.53. The number of amides is 2. The number of piperidine rings is 1. The molecule has 3 aromatic carbocycles. The topological polar surface area (TPSA) is 111 Å². The molecule has 3 saturated heterocycles. The molecular formula is C42H52FN5O5S. The van der Waals surface area contributed by atoms with E-state index in [4.69, 9.17) is 4.74 Å². The summed E-state index contributed by atoms with van der Waals surface area (Å²) in [6, 6.07) is 20.5. The number of hydrogen-bond acceptors (Lipinski definition) is 8. The lowest BCUT2D eigenvalue weighted by Crippen LogP contribution is -2.60. The van der Waals surface area contributed by atoms with Gasteiger partial charge in [-0.1, -0.05) is 31.2 Å². The Morgan fingerprint density at radius 3 is 2.31 bits per heavy atom. The third-order valence-corrected chi connectivity index (χ3v) is 14.1. The van der Waals surface area contributed by atoms with Crippen LogP contribution in [0.5, 0.6) is 0 Å². The number of benzene rings is 3. The van der Waals surface area contributed by atoms with Crippen LogP contribution < -0.4 is 15.5 Å². The van der Waals surface area contributed by atoms with Gasteiger partial charge in [0.15, 0.2) is 0 Å². The van der Waals surface area contributed by atoms with E-state index < -0.39 is 21.8 Å². The molecule has 0 aromatic heterocycles. The van der Waals surface area contributed by atoms with Crippen LogP contribution in [0.25, 0.3) is 0 Å². The first-order valence-electron chi connectivity index (χ1n) is 19.3. The summed E-state index contributed by atoms with van der Waals surface area (Å²) in [6.45, 7) is 11.2. The average molecular weight is 758 g/mol. The molecule has 0 radical (unpaired) electrons. The standard InChI is InChI=1S/C42H52FN5O5S/c1-3-40(49)44-34-10-5-11-37(25-34)54(51,52)36-16-14-35(15-17-36)48-27-30(28-48)26-46-22-18-31(19-23-46)42(29-47-20-7-21-47,32-8-4-9-33(43)24-32)38-12-6-13-39(38)45-41(50)53-2/h3-5,8-11,14-17,24-25,30-31,38-39H,1,6-7,12-13,18-23,26-29H2,2H3,(H,44,49)(H,45,50)/t38-,39-,42-/m0/s1. The van der Waals surface area contributed by atoms with Gasteiger partial charge in [-0.15, -0.1) is 0 Å². The second-order valence-corrected chi connectivity index (χ2v) is 17.5. The Hall–Kier alpha value is -4.26. The number of ether oxygens (including phenoxy) is 1. The van der Waals surface area contributed by atoms with Crippen molar-refractivity contribution >= 4 is 33.2 Å². The molecule has 54 heavy (non-hydrogen) atoms. The van der Waals surface area contributed by atoms with E-state index in [2.05, 4.69) is 38.0 Å². The summed E-state index contributed by atoms with van der Waals surface area (Å²) in [5.41, 5.74) is 2.17. The van der Waals surface area contributed by atoms with Crippen molar-refractivity contribution in [1.29, 1.82) is 0 Å². The molecule has 3 atom stereocenters. The van der Waals surface area contributed by atoms with Crippen molar-refractivity contribution in [2.24, 2.45) is 17.8 Å². The van der Waals surface area contributed by atoms with Gasteiger partial charge in [-0.2, -0.15) is 0 Å². The van der Waals surface area contributed by atoms with Gasteiger partial charge in [0.05, 0.1) is 16.9 Å². The number of nitrogens with zero attached hydrogens (tertiary/aromatic N) is 3. The largest absolute Gasteiger partial charge is 0.453 e. The number of hydrogen-bond donors (Lipinski definition) is 2. The van der Waals surface area contributed by atoms with Crippen LogP contribution in [-0.2, 0) is 24.8 Å². The number of alkyl carbamates (subject to hydrolysis) is 1. The number of methoxy groups -OCH3 is 1. The molecule has 0 bridgehead atoms. The lowest BCUT2D eigenvalue weighted by molar-refractivity contribution is -0.111. The minimum absolute atomic E-state index is 0.0157. The van der Waals surface area contributed by atoms with E-state index >= 15 is 0 Å². The van der Waals surface area contributed by atoms with Gasteiger partial charge in [0.25, 0.3) is 0 Å². The maximum atomic E-state index is 15.0. The fraction of sp³-hybridized carbons (Fsp3) is 0.476. The van der Waals surface area contributed by atoms with Gasteiger partial charge < -0.3 is 30.1 Å². The van der Waals surface area contributed by atoms with Crippen LogP contribution in [-0.4, -0.2) is 95.7 Å². The van der Waals surface area contributed by atoms with Crippen molar-refractivity contribution in [3.05, 3.63) is 96.8 Å². The van der Waals surface area contributed by atoms with Crippen LogP contribution in [0.1, 0.15) is 44.1 Å². The van der Waals surface area contributed by atoms with E-state index in [9.17, 15) is 22.4 Å². The summed E-state index contributed by atoms with van der Waals surface area (Å²) in [4.78, 5) is 31.9. The van der Waals surface area contributed by atoms with E-state index in [1.807, 2.05) is 18.2 Å². The van der Waals surface area contributed by atoms with Gasteiger partial charge >= 0.3 is 6.09 Å². The Morgan fingerprint density at radius 1 is 0.907 bits per heavy atom. The molecule has 0 spiro atoms. The summed E-state index contributed by atoms with van der Waals surface area (Å²) in [5, 5.41) is 5.79. The quantitative estimate of drug-likeness (QED) is 0.202. The summed E-state index contributed by atoms with van der Waals surface area (Å²) in [5.74, 6) is 0.432. The van der Waals surface area contributed by atoms with Crippen molar-refractivity contribution < 1.29 is 27.1 Å². The highest BCUT2D eigenvalue weighted by atomic mass is 32.2. The Balaban J connectivity index is 0.990. The van der Waals surface area contributed by atoms with Crippen molar-refractivity contribution in [3.8, 4) is 0 Å². The molecule has 4 aliphatic rings. The summed E-state index contributed by atoms with van der Waals surface area (Å²) in [7, 11) is -2.35. The molecule has 288 valence electrons. The minimum Gasteiger partial charge on any atom is -0.453 e. The zero-order valence-corrected chi connectivity index (χ0v) is 31.9. The smallest absolute Gasteiger partial charge is 0.407 e. The third kappa shape index (κ3) is 7.92. The molecule has 1 aliphatic carbocycles. The molecule has 10 nitrogen and oxygen atoms in total. The monoisotopic (exact) mass is 757 g/mol. The Labute approximate surface area is 318 Å². The van der Waals surface area contributed by atoms with Crippen molar-refractivity contribution in [2.75, 3.05) is 69.7 Å². The van der Waals surface area contributed by atoms with E-state index in [0.717, 1.165) is 102 Å². The Bertz CT molecular complexity index is 1920. The van der Waals surface area contributed by atoms with Crippen molar-refractivity contribution in [2.45, 2.75) is 59.8 Å². The van der Waals surface area contributed by atoms with Crippen LogP contribution in [0.2, 0.25) is 0 Å². The predicted octanol–water partition coefficient (Wildman–Crippen LogP) is 6.10. The minimum atomic E-state index is -3.77. The molecule has 3 aliphatic heterocycles. The summed E-state index contributed by atoms with van der Waals surface area (Å²) >= 11 is 0. The number of carbonyl (C=O) groups excluding carboxylic acids is 2. The zero-order valence-electron chi connectivity index (χ0n) is 31.1. The molecule has 0 unspecified atom stereocenters. The first-order valence-corrected chi connectivity index (χ1v) is 20.8. The van der Waals surface area contributed by atoms with Crippen molar-refractivity contribution in [1.82, 2.24) is 15.1 Å². The Morgan fingerprint density at radius 2 is 1.65 bits per heavy atom. The second kappa shape index (κ2) is 16.2. The molecule has 2 amide bonds. The number of sulfone groups is 1. The molecule has 7 rings (SSSR count). The van der Waals surface area contributed by atoms with Gasteiger partial charge in [-0.25, -0.2) is 17.6 Å². The Kier molecular flexibility index (Phi) is 11.4. The lowest BCUT2D eigenvalue weighted by atomic mass is 9.57. The normalized spacial score (nSPS) is 22.4.